The molecule has 3 aromatic rings. The third kappa shape index (κ3) is 5.80. The smallest absolute Gasteiger partial charge is 0.268 e. The Morgan fingerprint density at radius 1 is 1.10 bits per heavy atom. The lowest BCUT2D eigenvalue weighted by Gasteiger charge is -2.16. The van der Waals surface area contributed by atoms with Crippen LogP contribution in [0.5, 0.6) is 5.75 Å². The lowest BCUT2D eigenvalue weighted by Crippen LogP contribution is -2.35. The first-order valence-electron chi connectivity index (χ1n) is 9.85. The minimum atomic E-state index is -0.377. The topological polar surface area (TPSA) is 60.3 Å². The highest BCUT2D eigenvalue weighted by Gasteiger charge is 2.15. The summed E-state index contributed by atoms with van der Waals surface area (Å²) in [5.74, 6) is -0.501. The number of aryl methyl sites for hydroxylation is 2. The highest BCUT2D eigenvalue weighted by atomic mass is 19.1. The van der Waals surface area contributed by atoms with Crippen molar-refractivity contribution < 1.29 is 13.9 Å². The van der Waals surface area contributed by atoms with Crippen LogP contribution in [0.15, 0.2) is 71.7 Å². The van der Waals surface area contributed by atoms with Gasteiger partial charge >= 0.3 is 0 Å². The summed E-state index contributed by atoms with van der Waals surface area (Å²) in [6.45, 7) is 2.08. The summed E-state index contributed by atoms with van der Waals surface area (Å²) in [6, 6.07) is 17.2. The second-order valence-electron chi connectivity index (χ2n) is 7.31. The minimum absolute atomic E-state index is 0.0396. The van der Waals surface area contributed by atoms with E-state index in [1.54, 1.807) is 23.7 Å². The number of nitrogens with zero attached hydrogens (tertiary/aromatic N) is 1. The van der Waals surface area contributed by atoms with Crippen LogP contribution in [-0.2, 0) is 20.1 Å². The molecular formula is C24H25FN2O3. The van der Waals surface area contributed by atoms with Crippen LogP contribution in [-0.4, -0.2) is 16.5 Å². The van der Waals surface area contributed by atoms with Crippen LogP contribution in [0.1, 0.15) is 35.0 Å². The van der Waals surface area contributed by atoms with Gasteiger partial charge in [0.1, 0.15) is 18.1 Å². The molecule has 1 N–H and O–H groups in total. The molecule has 1 unspecified atom stereocenters. The van der Waals surface area contributed by atoms with Crippen LogP contribution < -0.4 is 15.5 Å². The number of amides is 1. The number of hydrogen-bond donors (Lipinski definition) is 1. The van der Waals surface area contributed by atoms with Crippen molar-refractivity contribution in [2.75, 3.05) is 0 Å². The van der Waals surface area contributed by atoms with Gasteiger partial charge in [0.25, 0.3) is 5.91 Å². The van der Waals surface area contributed by atoms with Gasteiger partial charge < -0.3 is 14.6 Å². The van der Waals surface area contributed by atoms with E-state index in [2.05, 4.69) is 17.4 Å². The molecule has 0 aliphatic carbocycles. The van der Waals surface area contributed by atoms with Gasteiger partial charge in [-0.25, -0.2) is 4.39 Å². The fraction of sp³-hybridized carbons (Fsp3) is 0.250. The van der Waals surface area contributed by atoms with Crippen molar-refractivity contribution in [1.82, 2.24) is 9.88 Å². The van der Waals surface area contributed by atoms with Crippen molar-refractivity contribution in [3.8, 4) is 5.75 Å². The SMILES string of the molecule is CC(CCc1ccccc1)NC(=O)c1cc(=O)c(OCc2ccc(F)cc2)cn1C. The maximum absolute atomic E-state index is 13.0. The van der Waals surface area contributed by atoms with Gasteiger partial charge in [-0.1, -0.05) is 42.5 Å². The van der Waals surface area contributed by atoms with E-state index >= 15 is 0 Å². The van der Waals surface area contributed by atoms with Crippen LogP contribution in [0.2, 0.25) is 0 Å². The molecule has 0 saturated heterocycles. The van der Waals surface area contributed by atoms with Gasteiger partial charge in [-0.3, -0.25) is 9.59 Å². The number of halogens is 1. The van der Waals surface area contributed by atoms with Gasteiger partial charge in [0, 0.05) is 19.2 Å². The predicted molar refractivity (Wildman–Crippen MR) is 114 cm³/mol. The van der Waals surface area contributed by atoms with Crippen LogP contribution in [0.3, 0.4) is 0 Å². The van der Waals surface area contributed by atoms with Crippen molar-refractivity contribution in [2.45, 2.75) is 32.4 Å². The average molecular weight is 408 g/mol. The zero-order chi connectivity index (χ0) is 21.5. The van der Waals surface area contributed by atoms with E-state index in [-0.39, 0.29) is 41.2 Å². The molecule has 0 spiro atoms. The van der Waals surface area contributed by atoms with E-state index in [9.17, 15) is 14.0 Å². The molecule has 1 aromatic heterocycles. The number of benzene rings is 2. The monoisotopic (exact) mass is 408 g/mol. The van der Waals surface area contributed by atoms with E-state index in [0.717, 1.165) is 18.4 Å². The zero-order valence-electron chi connectivity index (χ0n) is 17.1. The fourth-order valence-electron chi connectivity index (χ4n) is 3.08. The third-order valence-electron chi connectivity index (χ3n) is 4.83. The highest BCUT2D eigenvalue weighted by molar-refractivity contribution is 5.92. The second kappa shape index (κ2) is 9.87. The Bertz CT molecular complexity index is 1050. The second-order valence-corrected chi connectivity index (χ2v) is 7.31. The molecule has 1 amide bonds. The summed E-state index contributed by atoms with van der Waals surface area (Å²) in [5, 5.41) is 2.94. The van der Waals surface area contributed by atoms with E-state index in [0.29, 0.717) is 0 Å². The number of carbonyl (C=O) groups excluding carboxylic acids is 1. The third-order valence-corrected chi connectivity index (χ3v) is 4.83. The highest BCUT2D eigenvalue weighted by Crippen LogP contribution is 2.11. The Kier molecular flexibility index (Phi) is 7.01. The number of hydrogen-bond acceptors (Lipinski definition) is 3. The molecule has 0 radical (unpaired) electrons. The van der Waals surface area contributed by atoms with Gasteiger partial charge in [0.05, 0.1) is 6.20 Å². The summed E-state index contributed by atoms with van der Waals surface area (Å²) in [7, 11) is 1.69. The number of rotatable bonds is 8. The number of aromatic nitrogens is 1. The molecule has 1 atom stereocenters. The summed E-state index contributed by atoms with van der Waals surface area (Å²) in [6.07, 6.45) is 3.15. The van der Waals surface area contributed by atoms with Gasteiger partial charge in [-0.2, -0.15) is 0 Å². The maximum atomic E-state index is 13.0. The average Bonchev–Trinajstić information content (AvgIpc) is 2.74. The van der Waals surface area contributed by atoms with Crippen molar-refractivity contribution in [3.05, 3.63) is 99.7 Å². The lowest BCUT2D eigenvalue weighted by molar-refractivity contribution is 0.0929. The van der Waals surface area contributed by atoms with Crippen LogP contribution in [0.4, 0.5) is 4.39 Å². The van der Waals surface area contributed by atoms with Gasteiger partial charge in [-0.15, -0.1) is 0 Å². The van der Waals surface area contributed by atoms with Gasteiger partial charge in [0.15, 0.2) is 5.75 Å². The fourth-order valence-corrected chi connectivity index (χ4v) is 3.08. The Balaban J connectivity index is 1.60. The van der Waals surface area contributed by atoms with Gasteiger partial charge in [0.2, 0.25) is 5.43 Å². The van der Waals surface area contributed by atoms with Crippen LogP contribution >= 0.6 is 0 Å². The Morgan fingerprint density at radius 3 is 2.50 bits per heavy atom. The number of carbonyl (C=O) groups is 1. The zero-order valence-corrected chi connectivity index (χ0v) is 17.1. The summed E-state index contributed by atoms with van der Waals surface area (Å²) in [5.41, 5.74) is 1.85. The van der Waals surface area contributed by atoms with Crippen LogP contribution in [0.25, 0.3) is 0 Å². The van der Waals surface area contributed by atoms with E-state index in [1.165, 1.54) is 30.0 Å². The molecule has 2 aromatic carbocycles. The minimum Gasteiger partial charge on any atom is -0.483 e. The molecule has 30 heavy (non-hydrogen) atoms. The summed E-state index contributed by atoms with van der Waals surface area (Å²) < 4.78 is 20.1. The number of pyridine rings is 1. The van der Waals surface area contributed by atoms with Gasteiger partial charge in [-0.05, 0) is 43.0 Å². The molecule has 3 rings (SSSR count). The molecule has 0 aliphatic heterocycles. The first-order chi connectivity index (χ1) is 14.4. The quantitative estimate of drug-likeness (QED) is 0.616. The molecule has 0 saturated carbocycles. The molecular weight excluding hydrogens is 383 g/mol. The van der Waals surface area contributed by atoms with E-state index in [4.69, 9.17) is 4.74 Å². The Morgan fingerprint density at radius 2 is 1.80 bits per heavy atom. The summed E-state index contributed by atoms with van der Waals surface area (Å²) in [4.78, 5) is 25.0. The van der Waals surface area contributed by atoms with Crippen molar-refractivity contribution >= 4 is 5.91 Å². The molecule has 0 aliphatic rings. The molecule has 0 bridgehead atoms. The summed E-state index contributed by atoms with van der Waals surface area (Å²) >= 11 is 0. The molecule has 156 valence electrons. The van der Waals surface area contributed by atoms with E-state index in [1.807, 2.05) is 25.1 Å². The normalized spacial score (nSPS) is 11.7. The van der Waals surface area contributed by atoms with Crippen molar-refractivity contribution in [3.63, 3.8) is 0 Å². The Labute approximate surface area is 175 Å². The maximum Gasteiger partial charge on any atom is 0.268 e. The lowest BCUT2D eigenvalue weighted by atomic mass is 10.1. The first kappa shape index (κ1) is 21.3. The predicted octanol–water partition coefficient (Wildman–Crippen LogP) is 3.85. The Hall–Kier alpha value is -3.41. The largest absolute Gasteiger partial charge is 0.483 e. The van der Waals surface area contributed by atoms with Crippen molar-refractivity contribution in [2.24, 2.45) is 7.05 Å². The molecule has 6 heteroatoms. The standard InChI is InChI=1S/C24H25FN2O3/c1-17(8-9-18-6-4-3-5-7-18)26-24(29)21-14-22(28)23(15-27(21)2)30-16-19-10-12-20(25)13-11-19/h3-7,10-15,17H,8-9,16H2,1-2H3,(H,26,29). The van der Waals surface area contributed by atoms with Crippen LogP contribution in [0, 0.1) is 5.82 Å². The first-order valence-corrected chi connectivity index (χ1v) is 9.85. The molecule has 0 fully saturated rings. The van der Waals surface area contributed by atoms with Crippen molar-refractivity contribution in [1.29, 1.82) is 0 Å². The molecule has 1 heterocycles. The molecule has 5 nitrogen and oxygen atoms in total. The number of nitrogens with one attached hydrogen (secondary N) is 1. The van der Waals surface area contributed by atoms with E-state index < -0.39 is 0 Å². The number of ether oxygens (including phenoxy) is 1.